The van der Waals surface area contributed by atoms with Gasteiger partial charge in [-0.1, -0.05) is 6.07 Å². The van der Waals surface area contributed by atoms with E-state index in [1.165, 1.54) is 0 Å². The average molecular weight is 339 g/mol. The maximum Gasteiger partial charge on any atom is 0.317 e. The largest absolute Gasteiger partial charge is 0.336 e. The molecule has 0 atom stereocenters. The molecule has 20 heavy (non-hydrogen) atoms. The molecule has 2 rings (SSSR count). The van der Waals surface area contributed by atoms with Gasteiger partial charge in [0.15, 0.2) is 0 Å². The number of halogens is 1. The number of aromatic nitrogens is 2. The lowest BCUT2D eigenvalue weighted by molar-refractivity contribution is 0.206. The highest BCUT2D eigenvalue weighted by Crippen LogP contribution is 2.18. The maximum absolute atomic E-state index is 11.8. The average Bonchev–Trinajstić information content (AvgIpc) is 2.73. The highest BCUT2D eigenvalue weighted by molar-refractivity contribution is 9.10. The fourth-order valence-electron chi connectivity index (χ4n) is 1.96. The Hall–Kier alpha value is -1.56. The second-order valence-electron chi connectivity index (χ2n) is 5.05. The van der Waals surface area contributed by atoms with Gasteiger partial charge in [0.1, 0.15) is 10.4 Å². The van der Waals surface area contributed by atoms with Crippen LogP contribution in [0, 0.1) is 0 Å². The lowest BCUT2D eigenvalue weighted by Crippen LogP contribution is -2.41. The van der Waals surface area contributed by atoms with E-state index in [1.807, 2.05) is 42.6 Å². The van der Waals surface area contributed by atoms with E-state index in [1.54, 1.807) is 11.9 Å². The molecule has 0 saturated carbocycles. The van der Waals surface area contributed by atoms with Gasteiger partial charge in [0.2, 0.25) is 0 Å². The molecule has 0 radical (unpaired) electrons. The van der Waals surface area contributed by atoms with Crippen molar-refractivity contribution in [2.45, 2.75) is 26.3 Å². The number of nitrogens with one attached hydrogen (secondary N) is 1. The van der Waals surface area contributed by atoms with Crippen LogP contribution in [0.4, 0.5) is 4.79 Å². The normalized spacial score (nSPS) is 11.1. The van der Waals surface area contributed by atoms with Crippen molar-refractivity contribution >= 4 is 27.5 Å². The van der Waals surface area contributed by atoms with E-state index in [2.05, 4.69) is 26.2 Å². The first-order valence-electron chi connectivity index (χ1n) is 6.62. The summed E-state index contributed by atoms with van der Waals surface area (Å²) in [6.07, 6.45) is 2.69. The van der Waals surface area contributed by atoms with Gasteiger partial charge in [-0.05, 0) is 41.9 Å². The van der Waals surface area contributed by atoms with Crippen LogP contribution in [0.1, 0.15) is 19.7 Å². The standard InChI is InChI=1S/C14H19BrN4O/c1-10(2)16-14(20)18(3)9-7-12-17-13(15)11-6-4-5-8-19(11)12/h4-6,8,10H,7,9H2,1-3H3,(H,16,20). The molecule has 2 aromatic rings. The second-order valence-corrected chi connectivity index (χ2v) is 5.80. The highest BCUT2D eigenvalue weighted by atomic mass is 79.9. The number of hydrogen-bond donors (Lipinski definition) is 1. The van der Waals surface area contributed by atoms with Gasteiger partial charge in [-0.15, -0.1) is 0 Å². The molecule has 1 N–H and O–H groups in total. The third kappa shape index (κ3) is 3.30. The van der Waals surface area contributed by atoms with E-state index in [4.69, 9.17) is 0 Å². The Kier molecular flexibility index (Phi) is 4.65. The van der Waals surface area contributed by atoms with Gasteiger partial charge >= 0.3 is 6.03 Å². The van der Waals surface area contributed by atoms with Crippen LogP contribution < -0.4 is 5.32 Å². The molecule has 0 bridgehead atoms. The van der Waals surface area contributed by atoms with Gasteiger partial charge in [-0.2, -0.15) is 0 Å². The summed E-state index contributed by atoms with van der Waals surface area (Å²) >= 11 is 3.46. The predicted molar refractivity (Wildman–Crippen MR) is 82.9 cm³/mol. The van der Waals surface area contributed by atoms with Gasteiger partial charge in [0.05, 0.1) is 5.52 Å². The van der Waals surface area contributed by atoms with E-state index >= 15 is 0 Å². The summed E-state index contributed by atoms with van der Waals surface area (Å²) in [4.78, 5) is 18.0. The van der Waals surface area contributed by atoms with E-state index in [9.17, 15) is 4.79 Å². The number of likely N-dealkylation sites (N-methyl/N-ethyl adjacent to an activating group) is 1. The predicted octanol–water partition coefficient (Wildman–Crippen LogP) is 2.69. The molecule has 108 valence electrons. The van der Waals surface area contributed by atoms with Crippen molar-refractivity contribution in [3.05, 3.63) is 34.8 Å². The third-order valence-corrected chi connectivity index (χ3v) is 3.59. The minimum atomic E-state index is -0.0556. The fraction of sp³-hybridized carbons (Fsp3) is 0.429. The molecular formula is C14H19BrN4O. The first-order chi connectivity index (χ1) is 9.49. The van der Waals surface area contributed by atoms with Gasteiger partial charge in [0, 0.05) is 32.3 Å². The number of carbonyl (C=O) groups excluding carboxylic acids is 1. The van der Waals surface area contributed by atoms with Crippen molar-refractivity contribution in [2.75, 3.05) is 13.6 Å². The molecule has 2 heterocycles. The summed E-state index contributed by atoms with van der Waals surface area (Å²) in [7, 11) is 1.79. The third-order valence-electron chi connectivity index (χ3n) is 3.01. The summed E-state index contributed by atoms with van der Waals surface area (Å²) in [5.41, 5.74) is 1.04. The van der Waals surface area contributed by atoms with Crippen LogP contribution in [0.25, 0.3) is 5.52 Å². The molecule has 0 aromatic carbocycles. The Morgan fingerprint density at radius 2 is 2.25 bits per heavy atom. The number of amides is 2. The van der Waals surface area contributed by atoms with Gasteiger partial charge in [0.25, 0.3) is 0 Å². The van der Waals surface area contributed by atoms with Gasteiger partial charge < -0.3 is 14.6 Å². The molecular weight excluding hydrogens is 320 g/mol. The van der Waals surface area contributed by atoms with Crippen molar-refractivity contribution in [3.8, 4) is 0 Å². The molecule has 0 spiro atoms. The molecule has 0 unspecified atom stereocenters. The molecule has 0 saturated heterocycles. The number of carbonyl (C=O) groups is 1. The van der Waals surface area contributed by atoms with Gasteiger partial charge in [-0.3, -0.25) is 0 Å². The van der Waals surface area contributed by atoms with Crippen molar-refractivity contribution in [3.63, 3.8) is 0 Å². The molecule has 2 amide bonds. The lowest BCUT2D eigenvalue weighted by atomic mass is 10.3. The van der Waals surface area contributed by atoms with E-state index in [0.29, 0.717) is 13.0 Å². The second kappa shape index (κ2) is 6.26. The number of fused-ring (bicyclic) bond motifs is 1. The number of urea groups is 1. The zero-order chi connectivity index (χ0) is 14.7. The number of pyridine rings is 1. The SMILES string of the molecule is CC(C)NC(=O)N(C)CCc1nc(Br)c2ccccn12. The van der Waals surface area contributed by atoms with Crippen LogP contribution >= 0.6 is 15.9 Å². The minimum Gasteiger partial charge on any atom is -0.336 e. The fourth-order valence-corrected chi connectivity index (χ4v) is 2.49. The summed E-state index contributed by atoms with van der Waals surface area (Å²) in [5.74, 6) is 0.941. The minimum absolute atomic E-state index is 0.0556. The van der Waals surface area contributed by atoms with E-state index in [0.717, 1.165) is 15.9 Å². The van der Waals surface area contributed by atoms with Crippen LogP contribution in [-0.4, -0.2) is 39.9 Å². The van der Waals surface area contributed by atoms with Crippen LogP contribution in [0.2, 0.25) is 0 Å². The molecule has 5 nitrogen and oxygen atoms in total. The topological polar surface area (TPSA) is 49.6 Å². The Morgan fingerprint density at radius 3 is 2.95 bits per heavy atom. The van der Waals surface area contributed by atoms with Crippen LogP contribution in [0.5, 0.6) is 0 Å². The summed E-state index contributed by atoms with van der Waals surface area (Å²) in [6, 6.07) is 6.05. The number of nitrogens with zero attached hydrogens (tertiary/aromatic N) is 3. The summed E-state index contributed by atoms with van der Waals surface area (Å²) in [6.45, 7) is 4.52. The van der Waals surface area contributed by atoms with Crippen LogP contribution in [0.3, 0.4) is 0 Å². The van der Waals surface area contributed by atoms with Crippen molar-refractivity contribution in [2.24, 2.45) is 0 Å². The Labute approximate surface area is 127 Å². The molecule has 2 aromatic heterocycles. The molecule has 0 fully saturated rings. The number of rotatable bonds is 4. The quantitative estimate of drug-likeness (QED) is 0.931. The monoisotopic (exact) mass is 338 g/mol. The Balaban J connectivity index is 2.04. The van der Waals surface area contributed by atoms with Gasteiger partial charge in [-0.25, -0.2) is 9.78 Å². The number of imidazole rings is 1. The maximum atomic E-state index is 11.8. The Bertz CT molecular complexity index is 608. The molecule has 6 heteroatoms. The smallest absolute Gasteiger partial charge is 0.317 e. The van der Waals surface area contributed by atoms with Crippen LogP contribution in [-0.2, 0) is 6.42 Å². The summed E-state index contributed by atoms with van der Waals surface area (Å²) < 4.78 is 2.88. The van der Waals surface area contributed by atoms with Crippen molar-refractivity contribution < 1.29 is 4.79 Å². The van der Waals surface area contributed by atoms with E-state index in [-0.39, 0.29) is 12.1 Å². The zero-order valence-corrected chi connectivity index (χ0v) is 13.5. The van der Waals surface area contributed by atoms with E-state index < -0.39 is 0 Å². The molecule has 0 aliphatic carbocycles. The Morgan fingerprint density at radius 1 is 1.50 bits per heavy atom. The van der Waals surface area contributed by atoms with Crippen molar-refractivity contribution in [1.82, 2.24) is 19.6 Å². The first-order valence-corrected chi connectivity index (χ1v) is 7.41. The lowest BCUT2D eigenvalue weighted by Gasteiger charge is -2.19. The number of hydrogen-bond acceptors (Lipinski definition) is 2. The molecule has 0 aliphatic heterocycles. The van der Waals surface area contributed by atoms with Crippen molar-refractivity contribution in [1.29, 1.82) is 0 Å². The summed E-state index contributed by atoms with van der Waals surface area (Å²) in [5, 5.41) is 2.87. The zero-order valence-electron chi connectivity index (χ0n) is 11.9. The highest BCUT2D eigenvalue weighted by Gasteiger charge is 2.12. The first kappa shape index (κ1) is 14.8. The molecule has 0 aliphatic rings. The van der Waals surface area contributed by atoms with Crippen LogP contribution in [0.15, 0.2) is 29.0 Å².